The molecule has 0 aromatic heterocycles. The van der Waals surface area contributed by atoms with Crippen molar-refractivity contribution in [3.05, 3.63) is 39.9 Å². The first-order valence-electron chi connectivity index (χ1n) is 5.04. The number of benzene rings is 1. The Morgan fingerprint density at radius 3 is 2.38 bits per heavy atom. The molecule has 84 valence electrons. The van der Waals surface area contributed by atoms with Gasteiger partial charge in [-0.05, 0) is 24.1 Å². The van der Waals surface area contributed by atoms with E-state index in [9.17, 15) is 20.0 Å². The van der Waals surface area contributed by atoms with Crippen LogP contribution in [0.5, 0.6) is 0 Å². The van der Waals surface area contributed by atoms with E-state index < -0.39 is 11.0 Å². The lowest BCUT2D eigenvalue weighted by molar-refractivity contribution is -0.384. The maximum Gasteiger partial charge on any atom is 0.269 e. The first-order chi connectivity index (χ1) is 7.59. The summed E-state index contributed by atoms with van der Waals surface area (Å²) in [6.45, 7) is 0. The smallest absolute Gasteiger partial charge is 0.269 e. The van der Waals surface area contributed by atoms with Gasteiger partial charge in [0.2, 0.25) is 0 Å². The molecule has 0 saturated heterocycles. The number of hydrogen-bond donors (Lipinski definition) is 1. The first-order valence-corrected chi connectivity index (χ1v) is 5.04. The maximum absolute atomic E-state index is 11.2. The van der Waals surface area contributed by atoms with Crippen molar-refractivity contribution >= 4 is 11.5 Å². The molecule has 2 rings (SSSR count). The van der Waals surface area contributed by atoms with E-state index in [1.807, 2.05) is 0 Å². The molecule has 0 spiro atoms. The molecule has 0 bridgehead atoms. The molecule has 1 aliphatic carbocycles. The van der Waals surface area contributed by atoms with Crippen LogP contribution >= 0.6 is 0 Å². The standard InChI is InChI=1S/C11H11NO4/c13-10-6-5-9(10)11(14)7-1-3-8(4-2-7)12(15)16/h1-4,9,11,14H,5-6H2/t9-,11+/m1/s1. The summed E-state index contributed by atoms with van der Waals surface area (Å²) in [5.41, 5.74) is 0.541. The number of hydrogen-bond acceptors (Lipinski definition) is 4. The molecule has 1 aromatic carbocycles. The number of non-ortho nitro benzene ring substituents is 1. The summed E-state index contributed by atoms with van der Waals surface area (Å²) in [4.78, 5) is 21.1. The van der Waals surface area contributed by atoms with E-state index in [4.69, 9.17) is 0 Å². The minimum absolute atomic E-state index is 0.0177. The lowest BCUT2D eigenvalue weighted by Gasteiger charge is -2.28. The third-order valence-corrected chi connectivity index (χ3v) is 2.94. The Kier molecular flexibility index (Phi) is 2.70. The van der Waals surface area contributed by atoms with Crippen LogP contribution in [-0.2, 0) is 4.79 Å². The molecule has 1 aliphatic rings. The van der Waals surface area contributed by atoms with Crippen molar-refractivity contribution in [2.75, 3.05) is 0 Å². The molecule has 1 saturated carbocycles. The number of nitro groups is 1. The van der Waals surface area contributed by atoms with Gasteiger partial charge in [0, 0.05) is 24.5 Å². The number of rotatable bonds is 3. The van der Waals surface area contributed by atoms with Crippen molar-refractivity contribution in [3.8, 4) is 0 Å². The Balaban J connectivity index is 2.15. The number of ketones is 1. The Morgan fingerprint density at radius 2 is 2.00 bits per heavy atom. The molecular formula is C11H11NO4. The summed E-state index contributed by atoms with van der Waals surface area (Å²) < 4.78 is 0. The third-order valence-electron chi connectivity index (χ3n) is 2.94. The second kappa shape index (κ2) is 4.02. The van der Waals surface area contributed by atoms with Crippen molar-refractivity contribution in [1.82, 2.24) is 0 Å². The van der Waals surface area contributed by atoms with Crippen LogP contribution in [0.1, 0.15) is 24.5 Å². The molecule has 0 unspecified atom stereocenters. The summed E-state index contributed by atoms with van der Waals surface area (Å²) in [6, 6.07) is 5.66. The quantitative estimate of drug-likeness (QED) is 0.621. The molecule has 1 fully saturated rings. The van der Waals surface area contributed by atoms with Crippen LogP contribution in [0.15, 0.2) is 24.3 Å². The largest absolute Gasteiger partial charge is 0.388 e. The van der Waals surface area contributed by atoms with Crippen molar-refractivity contribution < 1.29 is 14.8 Å². The van der Waals surface area contributed by atoms with Crippen LogP contribution in [0.4, 0.5) is 5.69 Å². The number of carbonyl (C=O) groups is 1. The summed E-state index contributed by atoms with van der Waals surface area (Å²) in [5.74, 6) is -0.271. The fourth-order valence-electron chi connectivity index (χ4n) is 1.79. The zero-order valence-electron chi connectivity index (χ0n) is 8.50. The molecule has 5 heteroatoms. The summed E-state index contributed by atoms with van der Waals surface area (Å²) >= 11 is 0. The van der Waals surface area contributed by atoms with Crippen molar-refractivity contribution in [3.63, 3.8) is 0 Å². The number of aliphatic hydroxyl groups is 1. The SMILES string of the molecule is O=C1CC[C@H]1[C@@H](O)c1ccc([N+](=O)[O-])cc1. The molecule has 0 heterocycles. The highest BCUT2D eigenvalue weighted by Crippen LogP contribution is 2.35. The second-order valence-corrected chi connectivity index (χ2v) is 3.90. The van der Waals surface area contributed by atoms with Gasteiger partial charge in [0.1, 0.15) is 5.78 Å². The molecule has 0 amide bonds. The van der Waals surface area contributed by atoms with Gasteiger partial charge in [0.25, 0.3) is 5.69 Å². The van der Waals surface area contributed by atoms with Crippen molar-refractivity contribution in [2.24, 2.45) is 5.92 Å². The average Bonchev–Trinajstić information content (AvgIpc) is 2.27. The zero-order valence-corrected chi connectivity index (χ0v) is 8.50. The predicted octanol–water partition coefficient (Wildman–Crippen LogP) is 1.61. The molecular weight excluding hydrogens is 210 g/mol. The van der Waals surface area contributed by atoms with E-state index >= 15 is 0 Å². The van der Waals surface area contributed by atoms with Gasteiger partial charge in [-0.25, -0.2) is 0 Å². The number of aliphatic hydroxyl groups excluding tert-OH is 1. The van der Waals surface area contributed by atoms with Crippen molar-refractivity contribution in [1.29, 1.82) is 0 Å². The molecule has 2 atom stereocenters. The van der Waals surface area contributed by atoms with Crippen LogP contribution in [0.2, 0.25) is 0 Å². The van der Waals surface area contributed by atoms with E-state index in [0.717, 1.165) is 0 Å². The van der Waals surface area contributed by atoms with Crippen LogP contribution in [0.25, 0.3) is 0 Å². The van der Waals surface area contributed by atoms with Crippen molar-refractivity contribution in [2.45, 2.75) is 18.9 Å². The second-order valence-electron chi connectivity index (χ2n) is 3.90. The van der Waals surface area contributed by atoms with E-state index in [2.05, 4.69) is 0 Å². The fraction of sp³-hybridized carbons (Fsp3) is 0.364. The van der Waals surface area contributed by atoms with Crippen LogP contribution in [-0.4, -0.2) is 15.8 Å². The Hall–Kier alpha value is -1.75. The summed E-state index contributed by atoms with van der Waals surface area (Å²) in [6.07, 6.45) is 0.383. The van der Waals surface area contributed by atoms with E-state index in [0.29, 0.717) is 18.4 Å². The normalized spacial score (nSPS) is 21.3. The minimum atomic E-state index is -0.831. The topological polar surface area (TPSA) is 80.4 Å². The van der Waals surface area contributed by atoms with E-state index in [-0.39, 0.29) is 17.4 Å². The lowest BCUT2D eigenvalue weighted by Crippen LogP contribution is -2.31. The molecule has 0 radical (unpaired) electrons. The van der Waals surface area contributed by atoms with Gasteiger partial charge in [0.15, 0.2) is 0 Å². The molecule has 16 heavy (non-hydrogen) atoms. The number of Topliss-reactive ketones (excluding diaryl/α,β-unsaturated/α-hetero) is 1. The average molecular weight is 221 g/mol. The van der Waals surface area contributed by atoms with Gasteiger partial charge in [-0.15, -0.1) is 0 Å². The highest BCUT2D eigenvalue weighted by Gasteiger charge is 2.35. The summed E-state index contributed by atoms with van der Waals surface area (Å²) in [5, 5.41) is 20.3. The number of carbonyl (C=O) groups excluding carboxylic acids is 1. The fourth-order valence-corrected chi connectivity index (χ4v) is 1.79. The Bertz CT molecular complexity index is 426. The van der Waals surface area contributed by atoms with E-state index in [1.54, 1.807) is 0 Å². The van der Waals surface area contributed by atoms with Crippen LogP contribution < -0.4 is 0 Å². The summed E-state index contributed by atoms with van der Waals surface area (Å²) in [7, 11) is 0. The molecule has 1 aromatic rings. The monoisotopic (exact) mass is 221 g/mol. The molecule has 0 aliphatic heterocycles. The number of nitro benzene ring substituents is 1. The maximum atomic E-state index is 11.2. The van der Waals surface area contributed by atoms with Crippen LogP contribution in [0.3, 0.4) is 0 Å². The lowest BCUT2D eigenvalue weighted by atomic mass is 9.77. The molecule has 1 N–H and O–H groups in total. The predicted molar refractivity (Wildman–Crippen MR) is 55.8 cm³/mol. The minimum Gasteiger partial charge on any atom is -0.388 e. The third kappa shape index (κ3) is 1.81. The van der Waals surface area contributed by atoms with Gasteiger partial charge >= 0.3 is 0 Å². The van der Waals surface area contributed by atoms with Crippen LogP contribution in [0, 0.1) is 16.0 Å². The van der Waals surface area contributed by atoms with Gasteiger partial charge in [0.05, 0.1) is 11.0 Å². The number of nitrogens with zero attached hydrogens (tertiary/aromatic N) is 1. The first kappa shape index (κ1) is 10.8. The van der Waals surface area contributed by atoms with Gasteiger partial charge in [-0.1, -0.05) is 0 Å². The van der Waals surface area contributed by atoms with E-state index in [1.165, 1.54) is 24.3 Å². The molecule has 5 nitrogen and oxygen atoms in total. The van der Waals surface area contributed by atoms with Gasteiger partial charge in [-0.2, -0.15) is 0 Å². The highest BCUT2D eigenvalue weighted by molar-refractivity contribution is 5.87. The Labute approximate surface area is 91.9 Å². The van der Waals surface area contributed by atoms with Gasteiger partial charge in [-0.3, -0.25) is 14.9 Å². The van der Waals surface area contributed by atoms with Gasteiger partial charge < -0.3 is 5.11 Å². The highest BCUT2D eigenvalue weighted by atomic mass is 16.6. The zero-order chi connectivity index (χ0) is 11.7. The Morgan fingerprint density at radius 1 is 1.38 bits per heavy atom.